The number of nitrogens with one attached hydrogen (secondary N) is 1. The van der Waals surface area contributed by atoms with Gasteiger partial charge in [-0.2, -0.15) is 0 Å². The molecule has 33 heavy (non-hydrogen) atoms. The first-order chi connectivity index (χ1) is 15.8. The number of aliphatic hydroxyl groups excluding tert-OH is 1. The standard InChI is InChI=1S/C26H31N3O4/c1-17(2)12-13-19(14-18-8-4-3-5-9-18)24(30)15-22(26(32)33)29-25(31)23-16-27-20-10-6-7-11-21(20)28-23/h3-11,16-17,19,22,24,30H,12-15H2,1-2H3,(H,29,31)(H,32,33)/t19-,22+,24-/m0/s1. The Labute approximate surface area is 193 Å². The van der Waals surface area contributed by atoms with Gasteiger partial charge >= 0.3 is 5.97 Å². The van der Waals surface area contributed by atoms with Crippen LogP contribution in [0.5, 0.6) is 0 Å². The number of aromatic nitrogens is 2. The summed E-state index contributed by atoms with van der Waals surface area (Å²) in [6.45, 7) is 4.24. The zero-order chi connectivity index (χ0) is 23.8. The van der Waals surface area contributed by atoms with E-state index in [2.05, 4.69) is 29.1 Å². The van der Waals surface area contributed by atoms with E-state index in [-0.39, 0.29) is 18.0 Å². The molecule has 0 aliphatic carbocycles. The highest BCUT2D eigenvalue weighted by atomic mass is 16.4. The van der Waals surface area contributed by atoms with Gasteiger partial charge in [0.25, 0.3) is 5.91 Å². The smallest absolute Gasteiger partial charge is 0.326 e. The lowest BCUT2D eigenvalue weighted by molar-refractivity contribution is -0.140. The zero-order valence-electron chi connectivity index (χ0n) is 19.0. The molecule has 1 aromatic heterocycles. The number of carbonyl (C=O) groups is 2. The molecule has 2 aromatic carbocycles. The number of aliphatic hydroxyl groups is 1. The van der Waals surface area contributed by atoms with Crippen molar-refractivity contribution < 1.29 is 19.8 Å². The van der Waals surface area contributed by atoms with Crippen LogP contribution in [0, 0.1) is 11.8 Å². The van der Waals surface area contributed by atoms with Gasteiger partial charge in [0, 0.05) is 6.42 Å². The summed E-state index contributed by atoms with van der Waals surface area (Å²) in [5, 5.41) is 23.2. The highest BCUT2D eigenvalue weighted by Crippen LogP contribution is 2.23. The van der Waals surface area contributed by atoms with Crippen LogP contribution in [0.15, 0.2) is 60.8 Å². The number of fused-ring (bicyclic) bond motifs is 1. The van der Waals surface area contributed by atoms with Crippen molar-refractivity contribution in [2.24, 2.45) is 11.8 Å². The van der Waals surface area contributed by atoms with Gasteiger partial charge in [0.15, 0.2) is 0 Å². The molecule has 0 radical (unpaired) electrons. The van der Waals surface area contributed by atoms with Crippen molar-refractivity contribution in [3.05, 3.63) is 72.1 Å². The second kappa shape index (κ2) is 11.5. The van der Waals surface area contributed by atoms with Crippen LogP contribution in [0.4, 0.5) is 0 Å². The minimum atomic E-state index is -1.24. The van der Waals surface area contributed by atoms with Crippen LogP contribution in [0.25, 0.3) is 11.0 Å². The number of aliphatic carboxylic acids is 1. The van der Waals surface area contributed by atoms with E-state index in [4.69, 9.17) is 0 Å². The Balaban J connectivity index is 1.71. The van der Waals surface area contributed by atoms with Crippen molar-refractivity contribution in [3.63, 3.8) is 0 Å². The van der Waals surface area contributed by atoms with Crippen LogP contribution >= 0.6 is 0 Å². The summed E-state index contributed by atoms with van der Waals surface area (Å²) in [4.78, 5) is 33.1. The maximum atomic E-state index is 12.7. The Kier molecular flexibility index (Phi) is 8.49. The van der Waals surface area contributed by atoms with E-state index in [1.807, 2.05) is 36.4 Å². The first kappa shape index (κ1) is 24.3. The number of para-hydroxylation sites is 2. The van der Waals surface area contributed by atoms with Gasteiger partial charge in [-0.15, -0.1) is 0 Å². The summed E-state index contributed by atoms with van der Waals surface area (Å²) >= 11 is 0. The van der Waals surface area contributed by atoms with Crippen molar-refractivity contribution in [1.29, 1.82) is 0 Å². The summed E-state index contributed by atoms with van der Waals surface area (Å²) in [7, 11) is 0. The number of carbonyl (C=O) groups excluding carboxylic acids is 1. The average molecular weight is 450 g/mol. The van der Waals surface area contributed by atoms with E-state index in [0.29, 0.717) is 23.4 Å². The Morgan fingerprint density at radius 1 is 0.970 bits per heavy atom. The van der Waals surface area contributed by atoms with Gasteiger partial charge in [0.2, 0.25) is 0 Å². The van der Waals surface area contributed by atoms with E-state index >= 15 is 0 Å². The van der Waals surface area contributed by atoms with Gasteiger partial charge in [-0.25, -0.2) is 9.78 Å². The molecule has 0 spiro atoms. The number of benzene rings is 2. The van der Waals surface area contributed by atoms with Gasteiger partial charge < -0.3 is 15.5 Å². The first-order valence-corrected chi connectivity index (χ1v) is 11.3. The number of hydrogen-bond donors (Lipinski definition) is 3. The second-order valence-electron chi connectivity index (χ2n) is 8.83. The monoisotopic (exact) mass is 449 g/mol. The molecule has 0 aliphatic heterocycles. The SMILES string of the molecule is CC(C)CC[C@@H](Cc1ccccc1)[C@@H](O)C[C@@H](NC(=O)c1cnc2ccccc2n1)C(=O)O. The van der Waals surface area contributed by atoms with E-state index in [0.717, 1.165) is 18.4 Å². The van der Waals surface area contributed by atoms with Gasteiger partial charge in [-0.1, -0.05) is 62.7 Å². The van der Waals surface area contributed by atoms with E-state index in [1.165, 1.54) is 6.20 Å². The van der Waals surface area contributed by atoms with E-state index in [9.17, 15) is 19.8 Å². The Bertz CT molecular complexity index is 1070. The molecule has 3 N–H and O–H groups in total. The van der Waals surface area contributed by atoms with Crippen LogP contribution in [0.2, 0.25) is 0 Å². The molecule has 174 valence electrons. The fourth-order valence-electron chi connectivity index (χ4n) is 3.85. The van der Waals surface area contributed by atoms with Crippen molar-refractivity contribution >= 4 is 22.9 Å². The van der Waals surface area contributed by atoms with Crippen molar-refractivity contribution in [1.82, 2.24) is 15.3 Å². The normalized spacial score (nSPS) is 14.1. The lowest BCUT2D eigenvalue weighted by Crippen LogP contribution is -2.44. The maximum Gasteiger partial charge on any atom is 0.326 e. The van der Waals surface area contributed by atoms with Crippen LogP contribution in [-0.2, 0) is 11.2 Å². The Hall–Kier alpha value is -3.32. The number of amides is 1. The number of hydrogen-bond acceptors (Lipinski definition) is 5. The van der Waals surface area contributed by atoms with Crippen LogP contribution in [0.3, 0.4) is 0 Å². The summed E-state index contributed by atoms with van der Waals surface area (Å²) in [6, 6.07) is 15.7. The number of nitrogens with zero attached hydrogens (tertiary/aromatic N) is 2. The maximum absolute atomic E-state index is 12.7. The first-order valence-electron chi connectivity index (χ1n) is 11.3. The molecule has 0 bridgehead atoms. The van der Waals surface area contributed by atoms with Crippen LogP contribution < -0.4 is 5.32 Å². The lowest BCUT2D eigenvalue weighted by Gasteiger charge is -2.26. The molecular formula is C26H31N3O4. The highest BCUT2D eigenvalue weighted by Gasteiger charge is 2.29. The predicted molar refractivity (Wildman–Crippen MR) is 127 cm³/mol. The molecule has 0 saturated carbocycles. The second-order valence-corrected chi connectivity index (χ2v) is 8.83. The molecule has 0 unspecified atom stereocenters. The topological polar surface area (TPSA) is 112 Å². The zero-order valence-corrected chi connectivity index (χ0v) is 19.0. The van der Waals surface area contributed by atoms with E-state index < -0.39 is 24.0 Å². The summed E-state index contributed by atoms with van der Waals surface area (Å²) in [6.07, 6.45) is 2.69. The predicted octanol–water partition coefficient (Wildman–Crippen LogP) is 3.86. The van der Waals surface area contributed by atoms with Crippen molar-refractivity contribution in [2.45, 2.75) is 51.7 Å². The summed E-state index contributed by atoms with van der Waals surface area (Å²) in [5.74, 6) is -1.47. The van der Waals surface area contributed by atoms with E-state index in [1.54, 1.807) is 18.2 Å². The minimum absolute atomic E-state index is 0.0371. The van der Waals surface area contributed by atoms with Gasteiger partial charge in [-0.3, -0.25) is 9.78 Å². The summed E-state index contributed by atoms with van der Waals surface area (Å²) < 4.78 is 0. The molecule has 0 saturated heterocycles. The third kappa shape index (κ3) is 7.08. The molecule has 7 heteroatoms. The van der Waals surface area contributed by atoms with Crippen molar-refractivity contribution in [3.8, 4) is 0 Å². The number of carboxylic acids is 1. The summed E-state index contributed by atoms with van der Waals surface area (Å²) in [5.41, 5.74) is 2.32. The molecule has 1 heterocycles. The average Bonchev–Trinajstić information content (AvgIpc) is 2.81. The highest BCUT2D eigenvalue weighted by molar-refractivity contribution is 5.96. The Morgan fingerprint density at radius 3 is 2.30 bits per heavy atom. The molecule has 0 fully saturated rings. The molecule has 3 aromatic rings. The molecular weight excluding hydrogens is 418 g/mol. The largest absolute Gasteiger partial charge is 0.480 e. The fourth-order valence-corrected chi connectivity index (χ4v) is 3.85. The molecule has 0 aliphatic rings. The number of rotatable bonds is 11. The third-order valence-electron chi connectivity index (χ3n) is 5.76. The third-order valence-corrected chi connectivity index (χ3v) is 5.76. The molecule has 1 amide bonds. The van der Waals surface area contributed by atoms with Gasteiger partial charge in [-0.05, 0) is 42.4 Å². The van der Waals surface area contributed by atoms with Gasteiger partial charge in [0.1, 0.15) is 11.7 Å². The Morgan fingerprint density at radius 2 is 1.64 bits per heavy atom. The van der Waals surface area contributed by atoms with Crippen molar-refractivity contribution in [2.75, 3.05) is 0 Å². The van der Waals surface area contributed by atoms with Crippen LogP contribution in [0.1, 0.15) is 49.2 Å². The minimum Gasteiger partial charge on any atom is -0.480 e. The molecule has 3 atom stereocenters. The number of carboxylic acid groups (broad SMARTS) is 1. The lowest BCUT2D eigenvalue weighted by atomic mass is 9.85. The molecule has 7 nitrogen and oxygen atoms in total. The van der Waals surface area contributed by atoms with Crippen LogP contribution in [-0.4, -0.2) is 44.2 Å². The van der Waals surface area contributed by atoms with Gasteiger partial charge in [0.05, 0.1) is 23.3 Å². The molecule has 3 rings (SSSR count). The quantitative estimate of drug-likeness (QED) is 0.410. The fraction of sp³-hybridized carbons (Fsp3) is 0.385.